The summed E-state index contributed by atoms with van der Waals surface area (Å²) in [5, 5.41) is 5.72. The SMILES string of the molecule is [NH]C1=NOCN1. The highest BCUT2D eigenvalue weighted by Crippen LogP contribution is 1.79. The largest absolute Gasteiger partial charge is 0.371 e. The van der Waals surface area contributed by atoms with E-state index in [1.165, 1.54) is 0 Å². The van der Waals surface area contributed by atoms with Gasteiger partial charge < -0.3 is 10.2 Å². The van der Waals surface area contributed by atoms with Crippen molar-refractivity contribution in [1.82, 2.24) is 11.1 Å². The van der Waals surface area contributed by atoms with Gasteiger partial charge in [0, 0.05) is 0 Å². The Hall–Kier alpha value is -0.930. The van der Waals surface area contributed by atoms with Gasteiger partial charge in [0.05, 0.1) is 0 Å². The quantitative estimate of drug-likeness (QED) is 0.416. The Morgan fingerprint density at radius 1 is 2.00 bits per heavy atom. The second kappa shape index (κ2) is 1.04. The average Bonchev–Trinajstić information content (AvgIpc) is 1.86. The number of rotatable bonds is 0. The van der Waals surface area contributed by atoms with Gasteiger partial charge in [-0.05, 0) is 5.16 Å². The van der Waals surface area contributed by atoms with Crippen molar-refractivity contribution in [2.24, 2.45) is 5.16 Å². The standard InChI is InChI=1S/C2H4N3O/c3-2-4-1-6-5-2/h3H,1H2,(H,4,5). The summed E-state index contributed by atoms with van der Waals surface area (Å²) in [5.41, 5.74) is 6.65. The van der Waals surface area contributed by atoms with Crippen LogP contribution in [0.25, 0.3) is 0 Å². The Labute approximate surface area is 35.0 Å². The number of nitrogens with one attached hydrogen (secondary N) is 2. The van der Waals surface area contributed by atoms with Crippen molar-refractivity contribution >= 4 is 5.96 Å². The Bertz CT molecular complexity index is 78.9. The molecule has 4 heteroatoms. The summed E-state index contributed by atoms with van der Waals surface area (Å²) in [6, 6.07) is 0. The van der Waals surface area contributed by atoms with Crippen LogP contribution < -0.4 is 11.1 Å². The molecule has 0 bridgehead atoms. The van der Waals surface area contributed by atoms with Crippen LogP contribution in [0.2, 0.25) is 0 Å². The molecule has 4 nitrogen and oxygen atoms in total. The van der Waals surface area contributed by atoms with Gasteiger partial charge in [-0.25, -0.2) is 0 Å². The molecular weight excluding hydrogens is 82.0 g/mol. The summed E-state index contributed by atoms with van der Waals surface area (Å²) in [4.78, 5) is 4.35. The lowest BCUT2D eigenvalue weighted by molar-refractivity contribution is 0.164. The Morgan fingerprint density at radius 3 is 3.00 bits per heavy atom. The molecule has 0 amide bonds. The van der Waals surface area contributed by atoms with Crippen LogP contribution in [0.1, 0.15) is 0 Å². The molecule has 0 aliphatic carbocycles. The van der Waals surface area contributed by atoms with Gasteiger partial charge in [0.2, 0.25) is 0 Å². The van der Waals surface area contributed by atoms with E-state index in [1.54, 1.807) is 0 Å². The highest BCUT2D eigenvalue weighted by atomic mass is 16.6. The van der Waals surface area contributed by atoms with Crippen LogP contribution in [0.4, 0.5) is 0 Å². The molecule has 2 N–H and O–H groups in total. The minimum atomic E-state index is 0.106. The van der Waals surface area contributed by atoms with Crippen LogP contribution in [0.3, 0.4) is 0 Å². The van der Waals surface area contributed by atoms with Crippen molar-refractivity contribution in [2.75, 3.05) is 6.73 Å². The van der Waals surface area contributed by atoms with Gasteiger partial charge in [-0.2, -0.15) is 0 Å². The second-order valence-electron chi connectivity index (χ2n) is 0.890. The van der Waals surface area contributed by atoms with Gasteiger partial charge >= 0.3 is 0 Å². The first-order valence-corrected chi connectivity index (χ1v) is 1.55. The molecule has 1 radical (unpaired) electrons. The van der Waals surface area contributed by atoms with E-state index >= 15 is 0 Å². The summed E-state index contributed by atoms with van der Waals surface area (Å²) in [6.07, 6.45) is 0. The number of hydrogen-bond acceptors (Lipinski definition) is 3. The molecule has 1 rings (SSSR count). The van der Waals surface area contributed by atoms with Crippen molar-refractivity contribution < 1.29 is 4.84 Å². The maximum Gasteiger partial charge on any atom is 0.255 e. The van der Waals surface area contributed by atoms with Crippen molar-refractivity contribution in [2.45, 2.75) is 0 Å². The molecule has 6 heavy (non-hydrogen) atoms. The van der Waals surface area contributed by atoms with Crippen LogP contribution >= 0.6 is 0 Å². The van der Waals surface area contributed by atoms with Crippen molar-refractivity contribution in [3.05, 3.63) is 0 Å². The van der Waals surface area contributed by atoms with E-state index in [-0.39, 0.29) is 5.96 Å². The Morgan fingerprint density at radius 2 is 2.83 bits per heavy atom. The third kappa shape index (κ3) is 0.357. The first-order chi connectivity index (χ1) is 2.89. The van der Waals surface area contributed by atoms with Gasteiger partial charge in [0.1, 0.15) is 0 Å². The van der Waals surface area contributed by atoms with E-state index in [2.05, 4.69) is 15.3 Å². The number of oxime groups is 1. The van der Waals surface area contributed by atoms with E-state index in [0.717, 1.165) is 0 Å². The molecule has 0 atom stereocenters. The van der Waals surface area contributed by atoms with Crippen LogP contribution in [0.15, 0.2) is 5.16 Å². The summed E-state index contributed by atoms with van der Waals surface area (Å²) >= 11 is 0. The summed E-state index contributed by atoms with van der Waals surface area (Å²) < 4.78 is 0. The molecule has 0 fully saturated rings. The van der Waals surface area contributed by atoms with E-state index in [0.29, 0.717) is 6.73 Å². The maximum absolute atomic E-state index is 6.65. The highest BCUT2D eigenvalue weighted by molar-refractivity contribution is 5.76. The Kier molecular flexibility index (Phi) is 0.567. The van der Waals surface area contributed by atoms with Gasteiger partial charge in [0.15, 0.2) is 6.73 Å². The summed E-state index contributed by atoms with van der Waals surface area (Å²) in [6.45, 7) is 0.346. The average molecular weight is 86.1 g/mol. The zero-order valence-corrected chi connectivity index (χ0v) is 3.06. The predicted octanol–water partition coefficient (Wildman–Crippen LogP) is -0.882. The fourth-order valence-corrected chi connectivity index (χ4v) is 0.230. The molecule has 1 aliphatic rings. The van der Waals surface area contributed by atoms with Crippen LogP contribution in [0, 0.1) is 0 Å². The number of hydrogen-bond donors (Lipinski definition) is 1. The lowest BCUT2D eigenvalue weighted by atomic mass is 11.0. The molecule has 0 aromatic rings. The topological polar surface area (TPSA) is 57.4 Å². The molecule has 0 unspecified atom stereocenters. The zero-order chi connectivity index (χ0) is 4.41. The zero-order valence-electron chi connectivity index (χ0n) is 3.06. The number of nitrogens with zero attached hydrogens (tertiary/aromatic N) is 1. The van der Waals surface area contributed by atoms with E-state index in [9.17, 15) is 0 Å². The highest BCUT2D eigenvalue weighted by Gasteiger charge is 1.97. The lowest BCUT2D eigenvalue weighted by Gasteiger charge is -1.80. The fourth-order valence-electron chi connectivity index (χ4n) is 0.230. The maximum atomic E-state index is 6.65. The van der Waals surface area contributed by atoms with Gasteiger partial charge in [-0.15, -0.1) is 0 Å². The fraction of sp³-hybridized carbons (Fsp3) is 0.500. The monoisotopic (exact) mass is 86.0 g/mol. The molecule has 33 valence electrons. The van der Waals surface area contributed by atoms with E-state index < -0.39 is 0 Å². The Balaban J connectivity index is 2.45. The third-order valence-electron chi connectivity index (χ3n) is 0.460. The van der Waals surface area contributed by atoms with Crippen molar-refractivity contribution in [3.63, 3.8) is 0 Å². The first-order valence-electron chi connectivity index (χ1n) is 1.55. The third-order valence-corrected chi connectivity index (χ3v) is 0.460. The van der Waals surface area contributed by atoms with Gasteiger partial charge in [-0.3, -0.25) is 5.73 Å². The van der Waals surface area contributed by atoms with Gasteiger partial charge in [0.25, 0.3) is 5.96 Å². The molecule has 0 aromatic heterocycles. The molecular formula is C2H4N3O. The lowest BCUT2D eigenvalue weighted by Crippen LogP contribution is -2.18. The van der Waals surface area contributed by atoms with Gasteiger partial charge in [-0.1, -0.05) is 0 Å². The molecule has 0 saturated heterocycles. The normalized spacial score (nSPS) is 18.3. The second-order valence-corrected chi connectivity index (χ2v) is 0.890. The summed E-state index contributed by atoms with van der Waals surface area (Å²) in [5.74, 6) is 0.106. The minimum absolute atomic E-state index is 0.106. The van der Waals surface area contributed by atoms with E-state index in [4.69, 9.17) is 5.73 Å². The molecule has 1 heterocycles. The van der Waals surface area contributed by atoms with Crippen LogP contribution in [-0.4, -0.2) is 12.7 Å². The molecule has 0 spiro atoms. The van der Waals surface area contributed by atoms with Crippen LogP contribution in [0.5, 0.6) is 0 Å². The number of guanidine groups is 1. The summed E-state index contributed by atoms with van der Waals surface area (Å²) in [7, 11) is 0. The molecule has 0 aromatic carbocycles. The first kappa shape index (κ1) is 3.27. The van der Waals surface area contributed by atoms with Crippen molar-refractivity contribution in [1.29, 1.82) is 0 Å². The molecule has 1 aliphatic heterocycles. The smallest absolute Gasteiger partial charge is 0.255 e. The predicted molar refractivity (Wildman–Crippen MR) is 19.6 cm³/mol. The van der Waals surface area contributed by atoms with E-state index in [1.807, 2.05) is 0 Å². The van der Waals surface area contributed by atoms with Crippen molar-refractivity contribution in [3.8, 4) is 0 Å². The minimum Gasteiger partial charge on any atom is -0.371 e. The van der Waals surface area contributed by atoms with Crippen LogP contribution in [-0.2, 0) is 4.84 Å². The molecule has 0 saturated carbocycles.